The lowest BCUT2D eigenvalue weighted by molar-refractivity contribution is 0.0529. The molecular weight excluding hydrogens is 333 g/mol. The zero-order valence-electron chi connectivity index (χ0n) is 12.2. The van der Waals surface area contributed by atoms with Crippen LogP contribution in [0, 0.1) is 0 Å². The molecule has 0 radical (unpaired) electrons. The molecule has 0 aliphatic heterocycles. The molecule has 0 saturated carbocycles. The largest absolute Gasteiger partial charge is 0.444 e. The minimum Gasteiger partial charge on any atom is -0.444 e. The Kier molecular flexibility index (Phi) is 6.85. The summed E-state index contributed by atoms with van der Waals surface area (Å²) in [5.41, 5.74) is 0.364. The summed E-state index contributed by atoms with van der Waals surface area (Å²) in [5, 5.41) is 3.85. The summed E-state index contributed by atoms with van der Waals surface area (Å²) in [6, 6.07) is 3.46. The van der Waals surface area contributed by atoms with Gasteiger partial charge in [0.05, 0.1) is 15.1 Å². The normalized spacial score (nSPS) is 11.7. The van der Waals surface area contributed by atoms with E-state index in [0.29, 0.717) is 28.0 Å². The first-order chi connectivity index (χ1) is 9.69. The van der Waals surface area contributed by atoms with E-state index in [2.05, 4.69) is 5.32 Å². The Morgan fingerprint density at radius 2 is 1.81 bits per heavy atom. The minimum atomic E-state index is -0.489. The number of alkyl carbamates (subject to hydrolysis) is 1. The lowest BCUT2D eigenvalue weighted by Gasteiger charge is -2.19. The van der Waals surface area contributed by atoms with Gasteiger partial charge in [0.15, 0.2) is 0 Å². The maximum atomic E-state index is 11.4. The molecule has 0 saturated heterocycles. The van der Waals surface area contributed by atoms with Crippen LogP contribution in [0.25, 0.3) is 6.08 Å². The summed E-state index contributed by atoms with van der Waals surface area (Å²) < 4.78 is 5.12. The summed E-state index contributed by atoms with van der Waals surface area (Å²) in [4.78, 5) is 11.4. The van der Waals surface area contributed by atoms with Gasteiger partial charge < -0.3 is 10.1 Å². The van der Waals surface area contributed by atoms with Gasteiger partial charge in [0, 0.05) is 6.54 Å². The molecule has 0 fully saturated rings. The van der Waals surface area contributed by atoms with Gasteiger partial charge >= 0.3 is 6.09 Å². The number of benzene rings is 1. The molecule has 0 bridgehead atoms. The SMILES string of the molecule is CC(C)(C)OC(=O)NCCC=Cc1cc(Cl)c(Cl)c(Cl)c1. The van der Waals surface area contributed by atoms with Crippen molar-refractivity contribution in [2.45, 2.75) is 32.8 Å². The van der Waals surface area contributed by atoms with E-state index in [1.54, 1.807) is 12.1 Å². The van der Waals surface area contributed by atoms with Crippen molar-refractivity contribution in [3.8, 4) is 0 Å². The van der Waals surface area contributed by atoms with Crippen molar-refractivity contribution in [1.29, 1.82) is 0 Å². The number of rotatable bonds is 4. The van der Waals surface area contributed by atoms with Crippen molar-refractivity contribution in [3.63, 3.8) is 0 Å². The topological polar surface area (TPSA) is 38.3 Å². The monoisotopic (exact) mass is 349 g/mol. The van der Waals surface area contributed by atoms with Crippen LogP contribution in [0.15, 0.2) is 18.2 Å². The molecule has 0 spiro atoms. The second-order valence-electron chi connectivity index (χ2n) is 5.42. The Morgan fingerprint density at radius 3 is 2.33 bits per heavy atom. The van der Waals surface area contributed by atoms with Crippen LogP contribution >= 0.6 is 34.8 Å². The van der Waals surface area contributed by atoms with Gasteiger partial charge in [0.2, 0.25) is 0 Å². The molecule has 0 aromatic heterocycles. The first kappa shape index (κ1) is 18.1. The third-order valence-electron chi connectivity index (χ3n) is 2.30. The van der Waals surface area contributed by atoms with E-state index >= 15 is 0 Å². The van der Waals surface area contributed by atoms with E-state index in [9.17, 15) is 4.79 Å². The van der Waals surface area contributed by atoms with Crippen LogP contribution in [-0.4, -0.2) is 18.2 Å². The van der Waals surface area contributed by atoms with Crippen LogP contribution in [0.1, 0.15) is 32.8 Å². The molecule has 0 aliphatic carbocycles. The molecule has 6 heteroatoms. The predicted octanol–water partition coefficient (Wildman–Crippen LogP) is 5.57. The first-order valence-corrected chi connectivity index (χ1v) is 7.60. The highest BCUT2D eigenvalue weighted by molar-refractivity contribution is 6.48. The first-order valence-electron chi connectivity index (χ1n) is 6.47. The van der Waals surface area contributed by atoms with Crippen LogP contribution < -0.4 is 5.32 Å². The van der Waals surface area contributed by atoms with Crippen molar-refractivity contribution >= 4 is 47.0 Å². The Morgan fingerprint density at radius 1 is 1.24 bits per heavy atom. The van der Waals surface area contributed by atoms with Gasteiger partial charge in [0.25, 0.3) is 0 Å². The fourth-order valence-corrected chi connectivity index (χ4v) is 2.08. The molecule has 21 heavy (non-hydrogen) atoms. The number of hydrogen-bond acceptors (Lipinski definition) is 2. The number of carbonyl (C=O) groups excluding carboxylic acids is 1. The summed E-state index contributed by atoms with van der Waals surface area (Å²) in [6.45, 7) is 5.95. The summed E-state index contributed by atoms with van der Waals surface area (Å²) in [6.07, 6.45) is 4.02. The Balaban J connectivity index is 2.41. The number of hydrogen-bond donors (Lipinski definition) is 1. The number of nitrogens with one attached hydrogen (secondary N) is 1. The number of ether oxygens (including phenoxy) is 1. The van der Waals surface area contributed by atoms with Crippen LogP contribution in [-0.2, 0) is 4.74 Å². The third-order valence-corrected chi connectivity index (χ3v) is 3.49. The average molecular weight is 351 g/mol. The lowest BCUT2D eigenvalue weighted by Crippen LogP contribution is -2.32. The van der Waals surface area contributed by atoms with Gasteiger partial charge in [-0.3, -0.25) is 0 Å². The molecule has 116 valence electrons. The van der Waals surface area contributed by atoms with Crippen LogP contribution in [0.5, 0.6) is 0 Å². The van der Waals surface area contributed by atoms with Crippen LogP contribution in [0.3, 0.4) is 0 Å². The van der Waals surface area contributed by atoms with Crippen LogP contribution in [0.4, 0.5) is 4.79 Å². The number of amides is 1. The Labute approximate surface area is 140 Å². The van der Waals surface area contributed by atoms with E-state index in [1.165, 1.54) is 0 Å². The molecule has 0 heterocycles. The summed E-state index contributed by atoms with van der Waals surface area (Å²) in [5.74, 6) is 0. The van der Waals surface area contributed by atoms with Crippen molar-refractivity contribution in [2.24, 2.45) is 0 Å². The molecule has 1 aromatic rings. The zero-order chi connectivity index (χ0) is 16.0. The van der Waals surface area contributed by atoms with Crippen molar-refractivity contribution in [1.82, 2.24) is 5.32 Å². The van der Waals surface area contributed by atoms with Gasteiger partial charge in [-0.05, 0) is 44.9 Å². The molecule has 3 nitrogen and oxygen atoms in total. The van der Waals surface area contributed by atoms with Gasteiger partial charge in [-0.15, -0.1) is 0 Å². The van der Waals surface area contributed by atoms with Gasteiger partial charge in [-0.25, -0.2) is 4.79 Å². The maximum Gasteiger partial charge on any atom is 0.407 e. The fraction of sp³-hybridized carbons (Fsp3) is 0.400. The highest BCUT2D eigenvalue weighted by atomic mass is 35.5. The standard InChI is InChI=1S/C15H18Cl3NO2/c1-15(2,3)21-14(20)19-7-5-4-6-10-8-11(16)13(18)12(17)9-10/h4,6,8-9H,5,7H2,1-3H3,(H,19,20). The molecule has 1 aromatic carbocycles. The molecule has 1 rings (SSSR count). The Hall–Kier alpha value is -0.900. The fourth-order valence-electron chi connectivity index (χ4n) is 1.46. The van der Waals surface area contributed by atoms with E-state index in [1.807, 2.05) is 32.9 Å². The minimum absolute atomic E-state index is 0.349. The molecule has 1 N–H and O–H groups in total. The van der Waals surface area contributed by atoms with E-state index < -0.39 is 11.7 Å². The van der Waals surface area contributed by atoms with Crippen molar-refractivity contribution in [3.05, 3.63) is 38.8 Å². The average Bonchev–Trinajstić information content (AvgIpc) is 2.33. The Bertz CT molecular complexity index is 513. The van der Waals surface area contributed by atoms with Gasteiger partial charge in [-0.1, -0.05) is 47.0 Å². The molecule has 0 unspecified atom stereocenters. The van der Waals surface area contributed by atoms with Crippen molar-refractivity contribution < 1.29 is 9.53 Å². The third kappa shape index (κ3) is 7.07. The summed E-state index contributed by atoms with van der Waals surface area (Å²) in [7, 11) is 0. The highest BCUT2D eigenvalue weighted by Crippen LogP contribution is 2.31. The van der Waals surface area contributed by atoms with Crippen LogP contribution in [0.2, 0.25) is 15.1 Å². The van der Waals surface area contributed by atoms with Crippen molar-refractivity contribution in [2.75, 3.05) is 6.54 Å². The number of halogens is 3. The van der Waals surface area contributed by atoms with E-state index in [-0.39, 0.29) is 0 Å². The van der Waals surface area contributed by atoms with Gasteiger partial charge in [0.1, 0.15) is 5.60 Å². The number of carbonyl (C=O) groups is 1. The second kappa shape index (κ2) is 7.92. The quantitative estimate of drug-likeness (QED) is 0.569. The summed E-state index contributed by atoms with van der Waals surface area (Å²) >= 11 is 17.7. The second-order valence-corrected chi connectivity index (χ2v) is 6.61. The highest BCUT2D eigenvalue weighted by Gasteiger charge is 2.15. The smallest absolute Gasteiger partial charge is 0.407 e. The maximum absolute atomic E-state index is 11.4. The molecular formula is C15H18Cl3NO2. The van der Waals surface area contributed by atoms with Gasteiger partial charge in [-0.2, -0.15) is 0 Å². The molecule has 0 atom stereocenters. The molecule has 0 aliphatic rings. The van der Waals surface area contributed by atoms with E-state index in [0.717, 1.165) is 5.56 Å². The zero-order valence-corrected chi connectivity index (χ0v) is 14.4. The predicted molar refractivity (Wildman–Crippen MR) is 89.4 cm³/mol. The van der Waals surface area contributed by atoms with E-state index in [4.69, 9.17) is 39.5 Å². The molecule has 1 amide bonds. The lowest BCUT2D eigenvalue weighted by atomic mass is 10.2.